The summed E-state index contributed by atoms with van der Waals surface area (Å²) < 4.78 is 45.7. The fourth-order valence-corrected chi connectivity index (χ4v) is 5.72. The Balaban J connectivity index is 0.00000218. The highest BCUT2D eigenvalue weighted by Gasteiger charge is 2.72. The Morgan fingerprint density at radius 1 is 1.52 bits per heavy atom. The molecule has 6 heteroatoms. The van der Waals surface area contributed by atoms with E-state index >= 15 is 0 Å². The average Bonchev–Trinajstić information content (AvgIpc) is 3.01. The number of piperidine rings is 1. The average molecular weight is 371 g/mol. The van der Waals surface area contributed by atoms with E-state index in [1.807, 2.05) is 0 Å². The molecular weight excluding hydrogens is 342 g/mol. The van der Waals surface area contributed by atoms with Crippen LogP contribution in [0.4, 0.5) is 0 Å². The van der Waals surface area contributed by atoms with E-state index in [4.69, 9.17) is 11.6 Å². The number of phenolic OH excluding ortho intramolecular Hbond substituents is 1. The monoisotopic (exact) mass is 370 g/mol. The van der Waals surface area contributed by atoms with E-state index in [1.165, 1.54) is 11.0 Å². The van der Waals surface area contributed by atoms with E-state index in [2.05, 4.69) is 0 Å². The van der Waals surface area contributed by atoms with Gasteiger partial charge in [-0.2, -0.15) is 0 Å². The van der Waals surface area contributed by atoms with Crippen LogP contribution >= 0.6 is 12.4 Å². The number of hydrogen-bond donors (Lipinski definition) is 3. The Bertz CT molecular complexity index is 942. The van der Waals surface area contributed by atoms with Gasteiger partial charge in [0, 0.05) is 20.8 Å². The lowest BCUT2D eigenvalue weighted by atomic mass is 9.48. The minimum absolute atomic E-state index is 0. The molecule has 25 heavy (non-hydrogen) atoms. The maximum Gasteiger partial charge on any atom is 0.165 e. The summed E-state index contributed by atoms with van der Waals surface area (Å²) in [5, 5.41) is 33.1. The first-order chi connectivity index (χ1) is 13.6. The molecule has 5 atom stereocenters. The van der Waals surface area contributed by atoms with Gasteiger partial charge >= 0.3 is 0 Å². The van der Waals surface area contributed by atoms with Crippen LogP contribution in [0.5, 0.6) is 11.5 Å². The maximum atomic E-state index is 12.0. The molecular formula is C19H24ClNO4. The van der Waals surface area contributed by atoms with Gasteiger partial charge in [-0.25, -0.2) is 0 Å². The molecule has 1 saturated carbocycles. The van der Waals surface area contributed by atoms with Crippen LogP contribution in [0.2, 0.25) is 0 Å². The van der Waals surface area contributed by atoms with Gasteiger partial charge in [0.1, 0.15) is 6.10 Å². The van der Waals surface area contributed by atoms with E-state index in [0.717, 1.165) is 5.56 Å². The molecule has 2 bridgehead atoms. The van der Waals surface area contributed by atoms with Crippen molar-refractivity contribution in [2.24, 2.45) is 0 Å². The zero-order chi connectivity index (χ0) is 20.9. The van der Waals surface area contributed by atoms with Crippen LogP contribution in [-0.2, 0) is 11.8 Å². The minimum atomic E-state index is -2.39. The number of aliphatic hydroxyl groups excluding tert-OH is 1. The Morgan fingerprint density at radius 2 is 2.36 bits per heavy atom. The SMILES string of the molecule is Cl.[2H]C([2H])=C([2H])C([2H])([2H])N1CC[C@]23c4c5ccc(O)c4OC2[C@@H](O)CC[C@@]3(O)[C@H]1C5. The van der Waals surface area contributed by atoms with Crippen molar-refractivity contribution >= 4 is 12.4 Å². The van der Waals surface area contributed by atoms with Gasteiger partial charge < -0.3 is 20.1 Å². The highest BCUT2D eigenvalue weighted by atomic mass is 35.5. The molecule has 3 N–H and O–H groups in total. The number of likely N-dealkylation sites (tertiary alicyclic amines) is 1. The predicted octanol–water partition coefficient (Wildman–Crippen LogP) is 1.51. The number of aliphatic hydroxyl groups is 2. The van der Waals surface area contributed by atoms with Crippen LogP contribution in [-0.4, -0.2) is 57.1 Å². The highest BCUT2D eigenvalue weighted by molar-refractivity contribution is 5.85. The van der Waals surface area contributed by atoms with Crippen molar-refractivity contribution in [3.8, 4) is 11.5 Å². The number of aromatic hydroxyl groups is 1. The quantitative estimate of drug-likeness (QED) is 0.688. The molecule has 1 spiro atoms. The lowest BCUT2D eigenvalue weighted by molar-refractivity contribution is -0.206. The van der Waals surface area contributed by atoms with Gasteiger partial charge in [0.2, 0.25) is 0 Å². The van der Waals surface area contributed by atoms with Crippen molar-refractivity contribution in [3.05, 3.63) is 35.8 Å². The Kier molecular flexibility index (Phi) is 2.61. The summed E-state index contributed by atoms with van der Waals surface area (Å²) in [6.45, 7) is -3.12. The molecule has 0 radical (unpaired) electrons. The van der Waals surface area contributed by atoms with Crippen molar-refractivity contribution in [1.29, 1.82) is 0 Å². The van der Waals surface area contributed by atoms with Crippen LogP contribution in [0.25, 0.3) is 0 Å². The first-order valence-electron chi connectivity index (χ1n) is 10.9. The molecule has 0 amide bonds. The number of rotatable bonds is 2. The van der Waals surface area contributed by atoms with Gasteiger partial charge in [0.15, 0.2) is 11.5 Å². The molecule has 2 heterocycles. The number of benzene rings is 1. The van der Waals surface area contributed by atoms with Gasteiger partial charge in [0.05, 0.1) is 21.2 Å². The Labute approximate surface area is 160 Å². The van der Waals surface area contributed by atoms with Crippen molar-refractivity contribution in [2.75, 3.05) is 13.0 Å². The van der Waals surface area contributed by atoms with Gasteiger partial charge in [-0.15, -0.1) is 18.9 Å². The van der Waals surface area contributed by atoms with Crippen LogP contribution in [0, 0.1) is 0 Å². The highest BCUT2D eigenvalue weighted by Crippen LogP contribution is 2.65. The Morgan fingerprint density at radius 3 is 3.16 bits per heavy atom. The summed E-state index contributed by atoms with van der Waals surface area (Å²) in [6, 6.07) is 1.79. The van der Waals surface area contributed by atoms with E-state index < -0.39 is 48.3 Å². The summed E-state index contributed by atoms with van der Waals surface area (Å²) in [5.74, 6) is 0.255. The fraction of sp³-hybridized carbons (Fsp3) is 0.579. The third-order valence-electron chi connectivity index (χ3n) is 6.63. The van der Waals surface area contributed by atoms with E-state index in [0.29, 0.717) is 11.3 Å². The summed E-state index contributed by atoms with van der Waals surface area (Å²) >= 11 is 0. The Hall–Kier alpha value is -1.27. The topological polar surface area (TPSA) is 73.2 Å². The van der Waals surface area contributed by atoms with Crippen LogP contribution in [0.3, 0.4) is 0 Å². The molecule has 2 aliphatic heterocycles. The molecule has 5 nitrogen and oxygen atoms in total. The zero-order valence-corrected chi connectivity index (χ0v) is 14.3. The largest absolute Gasteiger partial charge is 0.504 e. The first-order valence-corrected chi connectivity index (χ1v) is 8.39. The molecule has 4 aliphatic rings. The van der Waals surface area contributed by atoms with Crippen LogP contribution in [0.1, 0.15) is 37.2 Å². The van der Waals surface area contributed by atoms with Crippen LogP contribution < -0.4 is 4.74 Å². The van der Waals surface area contributed by atoms with Gasteiger partial charge in [-0.3, -0.25) is 4.90 Å². The molecule has 1 saturated heterocycles. The molecule has 2 aliphatic carbocycles. The summed E-state index contributed by atoms with van der Waals surface area (Å²) in [5.41, 5.74) is -0.875. The zero-order valence-electron chi connectivity index (χ0n) is 18.5. The van der Waals surface area contributed by atoms with E-state index in [1.54, 1.807) is 6.07 Å². The smallest absolute Gasteiger partial charge is 0.165 e. The van der Waals surface area contributed by atoms with Crippen LogP contribution in [0.15, 0.2) is 24.7 Å². The fourth-order valence-electron chi connectivity index (χ4n) is 5.72. The van der Waals surface area contributed by atoms with E-state index in [9.17, 15) is 15.3 Å². The molecule has 1 aromatic carbocycles. The number of nitrogens with zero attached hydrogens (tertiary/aromatic N) is 1. The molecule has 136 valence electrons. The van der Waals surface area contributed by atoms with Gasteiger partial charge in [0.25, 0.3) is 0 Å². The predicted molar refractivity (Wildman–Crippen MR) is 95.5 cm³/mol. The second kappa shape index (κ2) is 5.36. The number of ether oxygens (including phenoxy) is 1. The lowest BCUT2D eigenvalue weighted by Gasteiger charge is -2.63. The molecule has 2 fully saturated rings. The third kappa shape index (κ3) is 1.80. The number of hydrogen-bond acceptors (Lipinski definition) is 5. The molecule has 1 aromatic rings. The molecule has 5 rings (SSSR count). The normalized spacial score (nSPS) is 43.9. The van der Waals surface area contributed by atoms with Crippen molar-refractivity contribution < 1.29 is 26.9 Å². The summed E-state index contributed by atoms with van der Waals surface area (Å²) in [7, 11) is 0. The van der Waals surface area contributed by atoms with Gasteiger partial charge in [-0.05, 0) is 43.9 Å². The third-order valence-corrected chi connectivity index (χ3v) is 6.63. The second-order valence-electron chi connectivity index (χ2n) is 7.39. The minimum Gasteiger partial charge on any atom is -0.504 e. The second-order valence-corrected chi connectivity index (χ2v) is 7.39. The van der Waals surface area contributed by atoms with Crippen molar-refractivity contribution in [3.63, 3.8) is 0 Å². The lowest BCUT2D eigenvalue weighted by Crippen LogP contribution is -2.77. The van der Waals surface area contributed by atoms with Crippen molar-refractivity contribution in [2.45, 2.75) is 54.9 Å². The number of phenols is 1. The first kappa shape index (κ1) is 12.2. The summed E-state index contributed by atoms with van der Waals surface area (Å²) in [4.78, 5) is 1.40. The van der Waals surface area contributed by atoms with E-state index in [-0.39, 0.29) is 50.4 Å². The molecule has 1 unspecified atom stereocenters. The molecule has 0 aromatic heterocycles. The standard InChI is InChI=1S/C19H23NO4.ClH/c1-2-8-20-9-7-18-15-11-3-4-12(21)16(15)24-17(18)13(22)5-6-19(18,23)14(20)10-11;/h2-4,13-14,17,21-23H,1,5-10H2;1H/t13-,14+,17?,18-,19+;/m0./s1/i1D2,2D,8D2;. The van der Waals surface area contributed by atoms with Gasteiger partial charge in [-0.1, -0.05) is 12.1 Å². The number of halogens is 1. The summed E-state index contributed by atoms with van der Waals surface area (Å²) in [6.07, 6.45) is -0.517. The van der Waals surface area contributed by atoms with Crippen molar-refractivity contribution in [1.82, 2.24) is 4.90 Å². The maximum absolute atomic E-state index is 12.0.